The van der Waals surface area contributed by atoms with Crippen LogP contribution in [0.25, 0.3) is 0 Å². The fourth-order valence-corrected chi connectivity index (χ4v) is 2.14. The fraction of sp³-hybridized carbons (Fsp3) is 0.417. The van der Waals surface area contributed by atoms with Crippen molar-refractivity contribution in [3.05, 3.63) is 40.1 Å². The van der Waals surface area contributed by atoms with Gasteiger partial charge in [0.15, 0.2) is 0 Å². The topological polar surface area (TPSA) is 90.0 Å². The van der Waals surface area contributed by atoms with E-state index in [1.807, 2.05) is 6.92 Å². The highest BCUT2D eigenvalue weighted by atomic mass is 16.6. The second-order valence-corrected chi connectivity index (χ2v) is 4.41. The number of hydrogen-bond donors (Lipinski definition) is 0. The van der Waals surface area contributed by atoms with Crippen molar-refractivity contribution in [2.75, 3.05) is 11.9 Å². The van der Waals surface area contributed by atoms with E-state index < -0.39 is 0 Å². The molecule has 0 aliphatic rings. The van der Waals surface area contributed by atoms with Crippen molar-refractivity contribution in [1.29, 1.82) is 0 Å². The van der Waals surface area contributed by atoms with Crippen LogP contribution in [0.3, 0.4) is 0 Å². The maximum Gasteiger partial charge on any atom is 0.334 e. The quantitative estimate of drug-likeness (QED) is 0.604. The molecule has 0 radical (unpaired) electrons. The van der Waals surface area contributed by atoms with Gasteiger partial charge in [-0.15, -0.1) is 0 Å². The number of anilines is 1. The van der Waals surface area contributed by atoms with Crippen LogP contribution in [0.2, 0.25) is 0 Å². The van der Waals surface area contributed by atoms with Gasteiger partial charge in [0.2, 0.25) is 5.82 Å². The largest absolute Gasteiger partial charge is 0.348 e. The molecule has 0 N–H and O–H groups in total. The summed E-state index contributed by atoms with van der Waals surface area (Å²) >= 11 is 0. The van der Waals surface area contributed by atoms with E-state index in [1.165, 1.54) is 4.68 Å². The van der Waals surface area contributed by atoms with Crippen LogP contribution in [0, 0.1) is 10.1 Å². The molecule has 106 valence electrons. The third kappa shape index (κ3) is 2.58. The Kier molecular flexibility index (Phi) is 3.92. The predicted octanol–water partition coefficient (Wildman–Crippen LogP) is 1.32. The average Bonchev–Trinajstić information content (AvgIpc) is 2.77. The highest BCUT2D eigenvalue weighted by molar-refractivity contribution is 5.61. The molecular formula is C12H16N6O2. The van der Waals surface area contributed by atoms with Gasteiger partial charge in [-0.2, -0.15) is 5.10 Å². The summed E-state index contributed by atoms with van der Waals surface area (Å²) in [7, 11) is 3.48. The summed E-state index contributed by atoms with van der Waals surface area (Å²) in [6.45, 7) is 2.28. The lowest BCUT2D eigenvalue weighted by atomic mass is 10.3. The van der Waals surface area contributed by atoms with Gasteiger partial charge < -0.3 is 4.90 Å². The second kappa shape index (κ2) is 5.64. The average molecular weight is 276 g/mol. The Morgan fingerprint density at radius 2 is 2.20 bits per heavy atom. The summed E-state index contributed by atoms with van der Waals surface area (Å²) in [5.41, 5.74) is 1.28. The summed E-state index contributed by atoms with van der Waals surface area (Å²) in [6.07, 6.45) is 5.34. The number of aromatic nitrogens is 4. The highest BCUT2D eigenvalue weighted by Crippen LogP contribution is 2.31. The smallest absolute Gasteiger partial charge is 0.334 e. The third-order valence-corrected chi connectivity index (χ3v) is 2.96. The first-order valence-corrected chi connectivity index (χ1v) is 6.20. The molecule has 0 atom stereocenters. The normalized spacial score (nSPS) is 10.6. The first-order chi connectivity index (χ1) is 9.54. The molecule has 0 aliphatic heterocycles. The van der Waals surface area contributed by atoms with E-state index in [4.69, 9.17) is 0 Å². The molecule has 0 fully saturated rings. The molecule has 2 rings (SSSR count). The van der Waals surface area contributed by atoms with Crippen molar-refractivity contribution in [2.45, 2.75) is 19.9 Å². The van der Waals surface area contributed by atoms with Crippen LogP contribution in [0.5, 0.6) is 0 Å². The first kappa shape index (κ1) is 13.9. The van der Waals surface area contributed by atoms with Gasteiger partial charge >= 0.3 is 5.69 Å². The lowest BCUT2D eigenvalue weighted by Crippen LogP contribution is -2.21. The first-order valence-electron chi connectivity index (χ1n) is 6.20. The monoisotopic (exact) mass is 276 g/mol. The van der Waals surface area contributed by atoms with Crippen molar-refractivity contribution in [2.24, 2.45) is 7.05 Å². The van der Waals surface area contributed by atoms with Crippen LogP contribution in [0.15, 0.2) is 18.6 Å². The Morgan fingerprint density at radius 3 is 2.75 bits per heavy atom. The number of hydrogen-bond acceptors (Lipinski definition) is 6. The van der Waals surface area contributed by atoms with Crippen LogP contribution in [-0.2, 0) is 20.0 Å². The van der Waals surface area contributed by atoms with Gasteiger partial charge in [-0.25, -0.2) is 4.68 Å². The molecule has 20 heavy (non-hydrogen) atoms. The number of aryl methyl sites for hydroxylation is 2. The van der Waals surface area contributed by atoms with Crippen LogP contribution >= 0.6 is 0 Å². The zero-order chi connectivity index (χ0) is 14.7. The maximum absolute atomic E-state index is 11.3. The van der Waals surface area contributed by atoms with Gasteiger partial charge in [0.1, 0.15) is 5.69 Å². The summed E-state index contributed by atoms with van der Waals surface area (Å²) in [5.74, 6) is 0.470. The summed E-state index contributed by atoms with van der Waals surface area (Å²) in [6, 6.07) is 0. The van der Waals surface area contributed by atoms with Crippen LogP contribution < -0.4 is 4.90 Å². The zero-order valence-electron chi connectivity index (χ0n) is 11.6. The minimum atomic E-state index is -0.381. The van der Waals surface area contributed by atoms with Gasteiger partial charge in [0, 0.05) is 26.5 Å². The number of nitrogens with zero attached hydrogens (tertiary/aromatic N) is 6. The predicted molar refractivity (Wildman–Crippen MR) is 73.4 cm³/mol. The van der Waals surface area contributed by atoms with Crippen LogP contribution in [-0.4, -0.2) is 31.7 Å². The van der Waals surface area contributed by atoms with E-state index in [2.05, 4.69) is 15.1 Å². The van der Waals surface area contributed by atoms with E-state index in [-0.39, 0.29) is 10.6 Å². The van der Waals surface area contributed by atoms with Gasteiger partial charge in [0.25, 0.3) is 0 Å². The summed E-state index contributed by atoms with van der Waals surface area (Å²) in [4.78, 5) is 20.8. The lowest BCUT2D eigenvalue weighted by molar-refractivity contribution is -0.384. The van der Waals surface area contributed by atoms with Crippen molar-refractivity contribution in [1.82, 2.24) is 19.7 Å². The Bertz CT molecular complexity index is 610. The second-order valence-electron chi connectivity index (χ2n) is 4.41. The minimum absolute atomic E-state index is 0.0568. The van der Waals surface area contributed by atoms with E-state index >= 15 is 0 Å². The molecule has 0 spiro atoms. The Hall–Kier alpha value is -2.51. The van der Waals surface area contributed by atoms with Crippen molar-refractivity contribution in [3.8, 4) is 0 Å². The molecule has 2 aromatic heterocycles. The number of nitro groups is 1. The molecule has 8 nitrogen and oxygen atoms in total. The molecule has 0 amide bonds. The number of rotatable bonds is 5. The molecule has 0 saturated carbocycles. The van der Waals surface area contributed by atoms with Gasteiger partial charge in [-0.1, -0.05) is 6.92 Å². The van der Waals surface area contributed by atoms with E-state index in [0.717, 1.165) is 5.69 Å². The van der Waals surface area contributed by atoms with E-state index in [1.54, 1.807) is 37.6 Å². The maximum atomic E-state index is 11.3. The molecule has 0 bridgehead atoms. The van der Waals surface area contributed by atoms with Crippen LogP contribution in [0.1, 0.15) is 18.3 Å². The molecule has 8 heteroatoms. The molecule has 2 heterocycles. The highest BCUT2D eigenvalue weighted by Gasteiger charge is 2.28. The summed E-state index contributed by atoms with van der Waals surface area (Å²) in [5, 5.41) is 15.5. The Morgan fingerprint density at radius 1 is 1.45 bits per heavy atom. The van der Waals surface area contributed by atoms with Crippen molar-refractivity contribution >= 4 is 11.5 Å². The molecule has 0 saturated heterocycles. The van der Waals surface area contributed by atoms with E-state index in [0.29, 0.717) is 24.5 Å². The van der Waals surface area contributed by atoms with Gasteiger partial charge in [0.05, 0.1) is 23.4 Å². The summed E-state index contributed by atoms with van der Waals surface area (Å²) < 4.78 is 1.54. The molecular weight excluding hydrogens is 260 g/mol. The lowest BCUT2D eigenvalue weighted by Gasteiger charge is -2.17. The van der Waals surface area contributed by atoms with Crippen molar-refractivity contribution < 1.29 is 4.92 Å². The van der Waals surface area contributed by atoms with Crippen molar-refractivity contribution in [3.63, 3.8) is 0 Å². The Labute approximate surface area is 116 Å². The van der Waals surface area contributed by atoms with Gasteiger partial charge in [-0.3, -0.25) is 20.1 Å². The third-order valence-electron chi connectivity index (χ3n) is 2.96. The van der Waals surface area contributed by atoms with Crippen LogP contribution in [0.4, 0.5) is 11.5 Å². The fourth-order valence-electron chi connectivity index (χ4n) is 2.14. The minimum Gasteiger partial charge on any atom is -0.348 e. The Balaban J connectivity index is 2.36. The van der Waals surface area contributed by atoms with Gasteiger partial charge in [-0.05, 0) is 6.42 Å². The standard InChI is InChI=1S/C12H16N6O2/c1-4-10-11(18(19)20)12(17(3)15-10)16(2)8-9-7-13-5-6-14-9/h5-7H,4,8H2,1-3H3. The van der Waals surface area contributed by atoms with E-state index in [9.17, 15) is 10.1 Å². The molecule has 0 aromatic carbocycles. The molecule has 0 unspecified atom stereocenters. The SMILES string of the molecule is CCc1nn(C)c(N(C)Cc2cnccn2)c1[N+](=O)[O-]. The molecule has 0 aliphatic carbocycles. The molecule has 2 aromatic rings. The zero-order valence-corrected chi connectivity index (χ0v) is 11.6.